The molecule has 0 saturated heterocycles. The molecular weight excluding hydrogens is 442 g/mol. The van der Waals surface area contributed by atoms with Gasteiger partial charge in [0.25, 0.3) is 21.8 Å². The second-order valence-corrected chi connectivity index (χ2v) is 8.72. The molecule has 0 atom stereocenters. The number of carbonyl (C=O) groups is 2. The predicted molar refractivity (Wildman–Crippen MR) is 114 cm³/mol. The van der Waals surface area contributed by atoms with Crippen LogP contribution in [0.5, 0.6) is 5.75 Å². The SMILES string of the molecule is COc1ccc(CN2C(=O)c3cccnc3C2=O)cc1S(=O)(=O)Nc1ccccc1Cl. The first-order valence-corrected chi connectivity index (χ1v) is 10.9. The van der Waals surface area contributed by atoms with Crippen LogP contribution in [0.2, 0.25) is 5.02 Å². The Kier molecular flexibility index (Phi) is 5.38. The lowest BCUT2D eigenvalue weighted by atomic mass is 10.2. The topological polar surface area (TPSA) is 106 Å². The Bertz CT molecular complexity index is 1270. The Morgan fingerprint density at radius 2 is 1.84 bits per heavy atom. The van der Waals surface area contributed by atoms with E-state index in [0.717, 1.165) is 4.90 Å². The molecule has 0 aliphatic carbocycles. The Labute approximate surface area is 183 Å². The molecule has 0 spiro atoms. The molecule has 0 radical (unpaired) electrons. The van der Waals surface area contributed by atoms with Gasteiger partial charge in [0.15, 0.2) is 0 Å². The second kappa shape index (κ2) is 8.01. The first-order chi connectivity index (χ1) is 14.8. The number of ether oxygens (including phenoxy) is 1. The summed E-state index contributed by atoms with van der Waals surface area (Å²) in [6, 6.07) is 13.9. The van der Waals surface area contributed by atoms with Crippen molar-refractivity contribution in [3.8, 4) is 5.75 Å². The average molecular weight is 458 g/mol. The number of benzene rings is 2. The third kappa shape index (κ3) is 3.85. The normalized spacial score (nSPS) is 13.3. The molecule has 8 nitrogen and oxygen atoms in total. The summed E-state index contributed by atoms with van der Waals surface area (Å²) in [5.74, 6) is -0.912. The van der Waals surface area contributed by atoms with Gasteiger partial charge < -0.3 is 4.74 Å². The van der Waals surface area contributed by atoms with Gasteiger partial charge in [0, 0.05) is 6.20 Å². The maximum Gasteiger partial charge on any atom is 0.280 e. The summed E-state index contributed by atoms with van der Waals surface area (Å²) >= 11 is 6.07. The van der Waals surface area contributed by atoms with E-state index < -0.39 is 21.8 Å². The molecule has 3 aromatic rings. The minimum Gasteiger partial charge on any atom is -0.495 e. The zero-order valence-corrected chi connectivity index (χ0v) is 17.8. The van der Waals surface area contributed by atoms with E-state index in [-0.39, 0.29) is 39.2 Å². The maximum absolute atomic E-state index is 13.0. The van der Waals surface area contributed by atoms with Crippen LogP contribution in [-0.4, -0.2) is 37.2 Å². The van der Waals surface area contributed by atoms with Crippen molar-refractivity contribution in [2.24, 2.45) is 0 Å². The van der Waals surface area contributed by atoms with Crippen molar-refractivity contribution < 1.29 is 22.7 Å². The number of pyridine rings is 1. The average Bonchev–Trinajstić information content (AvgIpc) is 3.00. The van der Waals surface area contributed by atoms with Crippen molar-refractivity contribution in [2.45, 2.75) is 11.4 Å². The summed E-state index contributed by atoms with van der Waals surface area (Å²) in [5.41, 5.74) is 0.932. The number of sulfonamides is 1. The first kappa shape index (κ1) is 20.8. The van der Waals surface area contributed by atoms with Gasteiger partial charge in [-0.1, -0.05) is 29.8 Å². The highest BCUT2D eigenvalue weighted by Gasteiger charge is 2.36. The number of aromatic nitrogens is 1. The van der Waals surface area contributed by atoms with Gasteiger partial charge in [-0.25, -0.2) is 8.42 Å². The summed E-state index contributed by atoms with van der Waals surface area (Å²) in [6.07, 6.45) is 1.44. The van der Waals surface area contributed by atoms with Crippen LogP contribution in [0.3, 0.4) is 0 Å². The van der Waals surface area contributed by atoms with Crippen molar-refractivity contribution in [1.29, 1.82) is 0 Å². The molecule has 2 amide bonds. The van der Waals surface area contributed by atoms with Crippen molar-refractivity contribution >= 4 is 39.1 Å². The molecule has 2 heterocycles. The van der Waals surface area contributed by atoms with E-state index in [0.29, 0.717) is 5.56 Å². The van der Waals surface area contributed by atoms with E-state index in [1.807, 2.05) is 0 Å². The smallest absolute Gasteiger partial charge is 0.280 e. The predicted octanol–water partition coefficient (Wildman–Crippen LogP) is 3.34. The third-order valence-corrected chi connectivity index (χ3v) is 6.42. The van der Waals surface area contributed by atoms with Crippen LogP contribution in [0.25, 0.3) is 0 Å². The Morgan fingerprint density at radius 1 is 1.06 bits per heavy atom. The lowest BCUT2D eigenvalue weighted by molar-refractivity contribution is 0.0640. The monoisotopic (exact) mass is 457 g/mol. The highest BCUT2D eigenvalue weighted by molar-refractivity contribution is 7.92. The summed E-state index contributed by atoms with van der Waals surface area (Å²) in [4.78, 5) is 30.0. The summed E-state index contributed by atoms with van der Waals surface area (Å²) < 4.78 is 33.7. The van der Waals surface area contributed by atoms with Crippen LogP contribution in [0.15, 0.2) is 65.7 Å². The molecule has 10 heteroatoms. The van der Waals surface area contributed by atoms with Crippen molar-refractivity contribution in [2.75, 3.05) is 11.8 Å². The number of anilines is 1. The van der Waals surface area contributed by atoms with Crippen molar-refractivity contribution in [3.63, 3.8) is 0 Å². The fraction of sp³-hybridized carbons (Fsp3) is 0.0952. The van der Waals surface area contributed by atoms with Gasteiger partial charge in [0.1, 0.15) is 16.3 Å². The van der Waals surface area contributed by atoms with Gasteiger partial charge in [-0.2, -0.15) is 0 Å². The molecule has 1 aliphatic rings. The number of imide groups is 1. The van der Waals surface area contributed by atoms with E-state index in [1.165, 1.54) is 37.6 Å². The van der Waals surface area contributed by atoms with E-state index in [1.54, 1.807) is 30.3 Å². The number of halogens is 1. The van der Waals surface area contributed by atoms with Crippen LogP contribution in [-0.2, 0) is 16.6 Å². The van der Waals surface area contributed by atoms with Gasteiger partial charge in [0.2, 0.25) is 0 Å². The van der Waals surface area contributed by atoms with Gasteiger partial charge in [-0.05, 0) is 42.0 Å². The third-order valence-electron chi connectivity index (χ3n) is 4.71. The Balaban J connectivity index is 1.66. The molecule has 2 aromatic carbocycles. The quantitative estimate of drug-likeness (QED) is 0.569. The molecule has 4 rings (SSSR count). The second-order valence-electron chi connectivity index (χ2n) is 6.67. The van der Waals surface area contributed by atoms with Gasteiger partial charge in [-0.3, -0.25) is 24.2 Å². The molecule has 1 aromatic heterocycles. The van der Waals surface area contributed by atoms with Crippen molar-refractivity contribution in [1.82, 2.24) is 9.88 Å². The number of rotatable bonds is 6. The molecule has 31 heavy (non-hydrogen) atoms. The zero-order valence-electron chi connectivity index (χ0n) is 16.2. The number of fused-ring (bicyclic) bond motifs is 1. The van der Waals surface area contributed by atoms with Crippen LogP contribution < -0.4 is 9.46 Å². The van der Waals surface area contributed by atoms with Crippen LogP contribution in [0, 0.1) is 0 Å². The number of nitrogens with one attached hydrogen (secondary N) is 1. The van der Waals surface area contributed by atoms with E-state index >= 15 is 0 Å². The van der Waals surface area contributed by atoms with Crippen LogP contribution in [0.4, 0.5) is 5.69 Å². The molecule has 158 valence electrons. The van der Waals surface area contributed by atoms with E-state index in [9.17, 15) is 18.0 Å². The number of para-hydroxylation sites is 1. The molecule has 1 aliphatic heterocycles. The molecule has 0 unspecified atom stereocenters. The number of hydrogen-bond acceptors (Lipinski definition) is 6. The van der Waals surface area contributed by atoms with Crippen LogP contribution >= 0.6 is 11.6 Å². The van der Waals surface area contributed by atoms with Gasteiger partial charge in [0.05, 0.1) is 29.9 Å². The minimum atomic E-state index is -4.08. The fourth-order valence-corrected chi connectivity index (χ4v) is 4.75. The Hall–Kier alpha value is -3.43. The molecule has 1 N–H and O–H groups in total. The van der Waals surface area contributed by atoms with E-state index in [4.69, 9.17) is 16.3 Å². The standard InChI is InChI=1S/C21H16ClN3O5S/c1-30-17-9-8-13(12-25-20(26)14-5-4-10-23-19(14)21(25)27)11-18(17)31(28,29)24-16-7-3-2-6-15(16)22/h2-11,24H,12H2,1H3. The van der Waals surface area contributed by atoms with Crippen molar-refractivity contribution in [3.05, 3.63) is 82.6 Å². The lowest BCUT2D eigenvalue weighted by Gasteiger charge is -2.17. The van der Waals surface area contributed by atoms with Crippen LogP contribution in [0.1, 0.15) is 26.4 Å². The first-order valence-electron chi connectivity index (χ1n) is 9.07. The van der Waals surface area contributed by atoms with E-state index in [2.05, 4.69) is 9.71 Å². The number of amides is 2. The lowest BCUT2D eigenvalue weighted by Crippen LogP contribution is -2.29. The molecular formula is C21H16ClN3O5S. The van der Waals surface area contributed by atoms with Gasteiger partial charge in [-0.15, -0.1) is 0 Å². The number of nitrogens with zero attached hydrogens (tertiary/aromatic N) is 2. The summed E-state index contributed by atoms with van der Waals surface area (Å²) in [5, 5.41) is 0.236. The largest absolute Gasteiger partial charge is 0.495 e. The molecule has 0 bridgehead atoms. The number of carbonyl (C=O) groups excluding carboxylic acids is 2. The number of hydrogen-bond donors (Lipinski definition) is 1. The summed E-state index contributed by atoms with van der Waals surface area (Å²) in [7, 11) is -2.73. The highest BCUT2D eigenvalue weighted by Crippen LogP contribution is 2.31. The fourth-order valence-electron chi connectivity index (χ4n) is 3.21. The highest BCUT2D eigenvalue weighted by atomic mass is 35.5. The Morgan fingerprint density at radius 3 is 2.55 bits per heavy atom. The molecule has 0 fully saturated rings. The number of methoxy groups -OCH3 is 1. The maximum atomic E-state index is 13.0. The van der Waals surface area contributed by atoms with Gasteiger partial charge >= 0.3 is 0 Å². The summed E-state index contributed by atoms with van der Waals surface area (Å²) in [6.45, 7) is -0.118. The molecule has 0 saturated carbocycles. The minimum absolute atomic E-state index is 0.0780. The zero-order chi connectivity index (χ0) is 22.2.